The summed E-state index contributed by atoms with van der Waals surface area (Å²) in [4.78, 5) is 19.9. The van der Waals surface area contributed by atoms with Gasteiger partial charge < -0.3 is 19.7 Å². The maximum atomic E-state index is 12.1. The van der Waals surface area contributed by atoms with Crippen molar-refractivity contribution < 1.29 is 14.6 Å². The Morgan fingerprint density at radius 1 is 1.42 bits per heavy atom. The zero-order chi connectivity index (χ0) is 16.9. The average molecular weight is 332 g/mol. The number of hydrogen-bond donors (Lipinski definition) is 2. The van der Waals surface area contributed by atoms with Crippen LogP contribution in [0, 0.1) is 0 Å². The van der Waals surface area contributed by atoms with Gasteiger partial charge in [-0.1, -0.05) is 0 Å². The van der Waals surface area contributed by atoms with Gasteiger partial charge in [-0.3, -0.25) is 9.78 Å². The standard InChI is InChI=1S/C15H20N6O3/c1-24-5-4-21-13(9-22)19-20-14(21)10-6-11(7-10)18-15(23)12-8-16-2-3-17-12/h2-3,8,10-11,22H,4-7,9H2,1H3,(H,18,23). The van der Waals surface area contributed by atoms with Crippen molar-refractivity contribution in [3.63, 3.8) is 0 Å². The molecular weight excluding hydrogens is 312 g/mol. The SMILES string of the molecule is COCCn1c(CO)nnc1C1CC(NC(=O)c2cnccn2)C1. The normalized spacial score (nSPS) is 19.8. The smallest absolute Gasteiger partial charge is 0.271 e. The van der Waals surface area contributed by atoms with Gasteiger partial charge in [0.2, 0.25) is 0 Å². The highest BCUT2D eigenvalue weighted by atomic mass is 16.5. The Labute approximate surface area is 139 Å². The minimum Gasteiger partial charge on any atom is -0.388 e. The summed E-state index contributed by atoms with van der Waals surface area (Å²) < 4.78 is 6.99. The summed E-state index contributed by atoms with van der Waals surface area (Å²) >= 11 is 0. The van der Waals surface area contributed by atoms with E-state index >= 15 is 0 Å². The second-order valence-corrected chi connectivity index (χ2v) is 5.71. The first kappa shape index (κ1) is 16.5. The molecule has 9 nitrogen and oxygen atoms in total. The summed E-state index contributed by atoms with van der Waals surface area (Å²) in [6.45, 7) is 0.968. The van der Waals surface area contributed by atoms with E-state index in [0.717, 1.165) is 18.7 Å². The molecule has 0 spiro atoms. The van der Waals surface area contributed by atoms with Crippen LogP contribution in [0.3, 0.4) is 0 Å². The third-order valence-corrected chi connectivity index (χ3v) is 4.15. The summed E-state index contributed by atoms with van der Waals surface area (Å²) in [6.07, 6.45) is 6.03. The number of ether oxygens (including phenoxy) is 1. The Bertz CT molecular complexity index is 684. The number of rotatable bonds is 7. The van der Waals surface area contributed by atoms with Crippen LogP contribution in [0.15, 0.2) is 18.6 Å². The van der Waals surface area contributed by atoms with Gasteiger partial charge >= 0.3 is 0 Å². The predicted octanol–water partition coefficient (Wildman–Crippen LogP) is -0.117. The molecular formula is C15H20N6O3. The minimum atomic E-state index is -0.219. The van der Waals surface area contributed by atoms with Gasteiger partial charge in [0.25, 0.3) is 5.91 Å². The first-order valence-electron chi connectivity index (χ1n) is 7.81. The number of hydrogen-bond acceptors (Lipinski definition) is 7. The van der Waals surface area contributed by atoms with E-state index < -0.39 is 0 Å². The summed E-state index contributed by atoms with van der Waals surface area (Å²) in [5.41, 5.74) is 0.312. The molecule has 1 amide bonds. The molecule has 1 aliphatic rings. The molecule has 0 atom stereocenters. The number of aliphatic hydroxyl groups excluding tert-OH is 1. The van der Waals surface area contributed by atoms with E-state index in [4.69, 9.17) is 4.74 Å². The van der Waals surface area contributed by atoms with E-state index in [2.05, 4.69) is 25.5 Å². The minimum absolute atomic E-state index is 0.0784. The fourth-order valence-corrected chi connectivity index (χ4v) is 2.82. The Morgan fingerprint density at radius 2 is 2.25 bits per heavy atom. The van der Waals surface area contributed by atoms with Gasteiger partial charge in [-0.25, -0.2) is 4.98 Å². The number of nitrogens with zero attached hydrogens (tertiary/aromatic N) is 5. The van der Waals surface area contributed by atoms with Crippen LogP contribution in [0.1, 0.15) is 40.9 Å². The lowest BCUT2D eigenvalue weighted by Crippen LogP contribution is -2.44. The largest absolute Gasteiger partial charge is 0.388 e. The molecule has 3 rings (SSSR count). The van der Waals surface area contributed by atoms with Crippen molar-refractivity contribution in [1.29, 1.82) is 0 Å². The fraction of sp³-hybridized carbons (Fsp3) is 0.533. The number of carbonyl (C=O) groups excluding carboxylic acids is 1. The Balaban J connectivity index is 1.58. The average Bonchev–Trinajstić information content (AvgIpc) is 2.98. The number of nitrogens with one attached hydrogen (secondary N) is 1. The van der Waals surface area contributed by atoms with Crippen LogP contribution in [-0.2, 0) is 17.9 Å². The van der Waals surface area contributed by atoms with Crippen molar-refractivity contribution in [1.82, 2.24) is 30.0 Å². The first-order chi connectivity index (χ1) is 11.7. The summed E-state index contributed by atoms with van der Waals surface area (Å²) in [7, 11) is 1.63. The third kappa shape index (κ3) is 3.41. The number of aliphatic hydroxyl groups is 1. The highest BCUT2D eigenvalue weighted by molar-refractivity contribution is 5.92. The molecule has 1 aliphatic carbocycles. The van der Waals surface area contributed by atoms with Crippen molar-refractivity contribution in [3.05, 3.63) is 35.9 Å². The Hall–Kier alpha value is -2.39. The second kappa shape index (κ2) is 7.45. The van der Waals surface area contributed by atoms with Gasteiger partial charge in [-0.15, -0.1) is 10.2 Å². The molecule has 1 fully saturated rings. The quantitative estimate of drug-likeness (QED) is 0.726. The summed E-state index contributed by atoms with van der Waals surface area (Å²) in [5.74, 6) is 1.36. The van der Waals surface area contributed by atoms with E-state index in [-0.39, 0.29) is 24.5 Å². The Kier molecular flexibility index (Phi) is 5.11. The predicted molar refractivity (Wildman–Crippen MR) is 83.1 cm³/mol. The van der Waals surface area contributed by atoms with Crippen molar-refractivity contribution in [3.8, 4) is 0 Å². The molecule has 0 unspecified atom stereocenters. The van der Waals surface area contributed by atoms with Gasteiger partial charge in [-0.2, -0.15) is 0 Å². The molecule has 2 aromatic heterocycles. The monoisotopic (exact) mass is 332 g/mol. The molecule has 0 bridgehead atoms. The third-order valence-electron chi connectivity index (χ3n) is 4.15. The molecule has 1 saturated carbocycles. The first-order valence-corrected chi connectivity index (χ1v) is 7.81. The van der Waals surface area contributed by atoms with Crippen LogP contribution >= 0.6 is 0 Å². The molecule has 0 radical (unpaired) electrons. The zero-order valence-corrected chi connectivity index (χ0v) is 13.4. The lowest BCUT2D eigenvalue weighted by molar-refractivity contribution is 0.0900. The fourth-order valence-electron chi connectivity index (χ4n) is 2.82. The molecule has 9 heteroatoms. The Morgan fingerprint density at radius 3 is 2.92 bits per heavy atom. The van der Waals surface area contributed by atoms with Gasteiger partial charge in [0.05, 0.1) is 12.8 Å². The molecule has 0 aliphatic heterocycles. The molecule has 24 heavy (non-hydrogen) atoms. The lowest BCUT2D eigenvalue weighted by atomic mass is 9.79. The molecule has 128 valence electrons. The zero-order valence-electron chi connectivity index (χ0n) is 13.4. The van der Waals surface area contributed by atoms with Gasteiger partial charge in [0, 0.05) is 38.0 Å². The summed E-state index contributed by atoms with van der Waals surface area (Å²) in [6, 6.07) is 0.0784. The van der Waals surface area contributed by atoms with Crippen molar-refractivity contribution in [2.75, 3.05) is 13.7 Å². The number of aromatic nitrogens is 5. The number of methoxy groups -OCH3 is 1. The molecule has 2 N–H and O–H groups in total. The molecule has 2 heterocycles. The highest BCUT2D eigenvalue weighted by Gasteiger charge is 2.35. The highest BCUT2D eigenvalue weighted by Crippen LogP contribution is 2.36. The molecule has 2 aromatic rings. The van der Waals surface area contributed by atoms with Crippen LogP contribution in [0.25, 0.3) is 0 Å². The van der Waals surface area contributed by atoms with E-state index in [1.807, 2.05) is 4.57 Å². The van der Waals surface area contributed by atoms with Crippen LogP contribution < -0.4 is 5.32 Å². The topological polar surface area (TPSA) is 115 Å². The second-order valence-electron chi connectivity index (χ2n) is 5.71. The molecule has 0 saturated heterocycles. The van der Waals surface area contributed by atoms with Crippen molar-refractivity contribution in [2.45, 2.75) is 38.0 Å². The van der Waals surface area contributed by atoms with Gasteiger partial charge in [0.15, 0.2) is 5.82 Å². The van der Waals surface area contributed by atoms with Gasteiger partial charge in [-0.05, 0) is 12.8 Å². The van der Waals surface area contributed by atoms with Gasteiger partial charge in [0.1, 0.15) is 18.1 Å². The lowest BCUT2D eigenvalue weighted by Gasteiger charge is -2.35. The maximum absolute atomic E-state index is 12.1. The summed E-state index contributed by atoms with van der Waals surface area (Å²) in [5, 5.41) is 20.5. The van der Waals surface area contributed by atoms with Crippen LogP contribution in [0.2, 0.25) is 0 Å². The van der Waals surface area contributed by atoms with E-state index in [1.54, 1.807) is 7.11 Å². The van der Waals surface area contributed by atoms with Crippen LogP contribution in [0.5, 0.6) is 0 Å². The maximum Gasteiger partial charge on any atom is 0.271 e. The van der Waals surface area contributed by atoms with Crippen LogP contribution in [0.4, 0.5) is 0 Å². The van der Waals surface area contributed by atoms with Crippen LogP contribution in [-0.4, -0.2) is 55.5 Å². The molecule has 0 aromatic carbocycles. The van der Waals surface area contributed by atoms with Crippen molar-refractivity contribution >= 4 is 5.91 Å². The van der Waals surface area contributed by atoms with E-state index in [1.165, 1.54) is 18.6 Å². The van der Waals surface area contributed by atoms with E-state index in [9.17, 15) is 9.90 Å². The number of amides is 1. The van der Waals surface area contributed by atoms with Crippen molar-refractivity contribution in [2.24, 2.45) is 0 Å². The number of carbonyl (C=O) groups is 1. The van der Waals surface area contributed by atoms with E-state index in [0.29, 0.717) is 24.7 Å².